The van der Waals surface area contributed by atoms with Crippen molar-refractivity contribution in [3.8, 4) is 11.5 Å². The molecule has 12 heteroatoms. The van der Waals surface area contributed by atoms with E-state index in [1.807, 2.05) is 0 Å². The fraction of sp³-hybridized carbons (Fsp3) is 0.136. The Hall–Kier alpha value is -3.77. The first-order valence-corrected chi connectivity index (χ1v) is 12.4. The molecule has 1 aromatic heterocycles. The molecule has 0 fully saturated rings. The largest absolute Gasteiger partial charge is 0.497 e. The Kier molecular flexibility index (Phi) is 7.64. The molecule has 0 atom stereocenters. The molecule has 3 aromatic rings. The van der Waals surface area contributed by atoms with Crippen molar-refractivity contribution in [2.75, 3.05) is 30.9 Å². The van der Waals surface area contributed by atoms with Crippen molar-refractivity contribution in [2.24, 2.45) is 0 Å². The number of thioether (sulfide) groups is 1. The molecule has 178 valence electrons. The van der Waals surface area contributed by atoms with Crippen LogP contribution in [0.15, 0.2) is 63.4 Å². The summed E-state index contributed by atoms with van der Waals surface area (Å²) < 4.78 is 38.6. The number of sulfonamides is 1. The molecule has 0 radical (unpaired) electrons. The number of benzene rings is 2. The SMILES string of the molecule is COc1ccc(/C=C/C(=O)c2ccc(OC)c(S(=O)(=O)Nc3c(N)nc(SC)[nH]c3=O)c2)cc1. The number of H-pyrrole nitrogens is 1. The Morgan fingerprint density at radius 2 is 1.85 bits per heavy atom. The summed E-state index contributed by atoms with van der Waals surface area (Å²) in [6.07, 6.45) is 4.59. The highest BCUT2D eigenvalue weighted by atomic mass is 32.2. The van der Waals surface area contributed by atoms with Crippen LogP contribution in [0.2, 0.25) is 0 Å². The van der Waals surface area contributed by atoms with E-state index < -0.39 is 27.1 Å². The van der Waals surface area contributed by atoms with E-state index in [4.69, 9.17) is 15.2 Å². The fourth-order valence-corrected chi connectivity index (χ4v) is 4.54. The first-order chi connectivity index (χ1) is 16.2. The van der Waals surface area contributed by atoms with Gasteiger partial charge in [-0.05, 0) is 48.2 Å². The number of ketones is 1. The molecule has 0 amide bonds. The van der Waals surface area contributed by atoms with Crippen molar-refractivity contribution >= 4 is 45.1 Å². The van der Waals surface area contributed by atoms with Crippen LogP contribution < -0.4 is 25.5 Å². The monoisotopic (exact) mass is 502 g/mol. The molecule has 0 aliphatic carbocycles. The number of nitrogens with one attached hydrogen (secondary N) is 2. The maximum Gasteiger partial charge on any atom is 0.278 e. The second-order valence-corrected chi connectivity index (χ2v) is 9.22. The Balaban J connectivity index is 1.93. The standard InChI is InChI=1S/C22H22N4O6S2/c1-31-15-8-4-13(5-9-15)6-10-16(27)14-7-11-17(32-2)18(12-14)34(29,30)26-19-20(23)24-22(33-3)25-21(19)28/h4-12,26H,1-3H3,(H3,23,24,25,28)/b10-6+. The number of carbonyl (C=O) groups excluding carboxylic acids is 1. The molecular weight excluding hydrogens is 480 g/mol. The number of hydrogen-bond donors (Lipinski definition) is 3. The van der Waals surface area contributed by atoms with Crippen molar-refractivity contribution in [2.45, 2.75) is 10.1 Å². The molecule has 34 heavy (non-hydrogen) atoms. The molecule has 3 rings (SSSR count). The summed E-state index contributed by atoms with van der Waals surface area (Å²) >= 11 is 1.14. The minimum Gasteiger partial charge on any atom is -0.497 e. The molecule has 1 heterocycles. The zero-order valence-corrected chi connectivity index (χ0v) is 20.1. The molecule has 0 aliphatic rings. The lowest BCUT2D eigenvalue weighted by atomic mass is 10.1. The van der Waals surface area contributed by atoms with Gasteiger partial charge >= 0.3 is 0 Å². The number of anilines is 2. The third kappa shape index (κ3) is 5.58. The zero-order valence-electron chi connectivity index (χ0n) is 18.5. The molecule has 0 aliphatic heterocycles. The number of ether oxygens (including phenoxy) is 2. The van der Waals surface area contributed by atoms with Gasteiger partial charge in [-0.3, -0.25) is 19.3 Å². The number of carbonyl (C=O) groups is 1. The molecule has 0 unspecified atom stereocenters. The van der Waals surface area contributed by atoms with E-state index in [9.17, 15) is 18.0 Å². The lowest BCUT2D eigenvalue weighted by Gasteiger charge is -2.13. The second kappa shape index (κ2) is 10.4. The molecular formula is C22H22N4O6S2. The number of allylic oxidation sites excluding steroid dienone is 1. The molecule has 4 N–H and O–H groups in total. The number of hydrogen-bond acceptors (Lipinski definition) is 9. The Morgan fingerprint density at radius 1 is 1.15 bits per heavy atom. The van der Waals surface area contributed by atoms with E-state index in [1.54, 1.807) is 43.7 Å². The van der Waals surface area contributed by atoms with Gasteiger partial charge in [-0.2, -0.15) is 0 Å². The van der Waals surface area contributed by atoms with Crippen LogP contribution in [0, 0.1) is 0 Å². The summed E-state index contributed by atoms with van der Waals surface area (Å²) in [6, 6.07) is 11.0. The highest BCUT2D eigenvalue weighted by Crippen LogP contribution is 2.28. The van der Waals surface area contributed by atoms with Crippen LogP contribution in [0.4, 0.5) is 11.5 Å². The highest BCUT2D eigenvalue weighted by molar-refractivity contribution is 7.98. The van der Waals surface area contributed by atoms with Crippen molar-refractivity contribution in [1.82, 2.24) is 9.97 Å². The topological polar surface area (TPSA) is 153 Å². The van der Waals surface area contributed by atoms with Crippen LogP contribution in [0.3, 0.4) is 0 Å². The predicted octanol–water partition coefficient (Wildman–Crippen LogP) is 2.79. The van der Waals surface area contributed by atoms with Gasteiger partial charge in [0.05, 0.1) is 14.2 Å². The smallest absolute Gasteiger partial charge is 0.278 e. The summed E-state index contributed by atoms with van der Waals surface area (Å²) in [5.74, 6) is -0.0609. The highest BCUT2D eigenvalue weighted by Gasteiger charge is 2.24. The maximum absolute atomic E-state index is 13.1. The van der Waals surface area contributed by atoms with E-state index in [0.29, 0.717) is 5.75 Å². The molecule has 2 aromatic carbocycles. The van der Waals surface area contributed by atoms with E-state index >= 15 is 0 Å². The van der Waals surface area contributed by atoms with Gasteiger partial charge < -0.3 is 15.2 Å². The third-order valence-electron chi connectivity index (χ3n) is 4.64. The van der Waals surface area contributed by atoms with Gasteiger partial charge in [0.1, 0.15) is 16.4 Å². The summed E-state index contributed by atoms with van der Waals surface area (Å²) in [5.41, 5.74) is 5.44. The minimum absolute atomic E-state index is 0.0214. The van der Waals surface area contributed by atoms with Crippen molar-refractivity contribution in [1.29, 1.82) is 0 Å². The predicted molar refractivity (Wildman–Crippen MR) is 131 cm³/mol. The summed E-state index contributed by atoms with van der Waals surface area (Å²) in [5, 5.41) is 0.235. The van der Waals surface area contributed by atoms with E-state index in [1.165, 1.54) is 25.3 Å². The van der Waals surface area contributed by atoms with Crippen LogP contribution in [-0.4, -0.2) is 44.6 Å². The van der Waals surface area contributed by atoms with Crippen LogP contribution in [0.5, 0.6) is 11.5 Å². The van der Waals surface area contributed by atoms with Gasteiger partial charge in [0, 0.05) is 5.56 Å². The Bertz CT molecular complexity index is 1400. The first kappa shape index (κ1) is 24.9. The van der Waals surface area contributed by atoms with Gasteiger partial charge in [0.2, 0.25) is 0 Å². The quantitative estimate of drug-likeness (QED) is 0.173. The average molecular weight is 503 g/mol. The fourth-order valence-electron chi connectivity index (χ4n) is 2.88. The maximum atomic E-state index is 13.1. The normalized spacial score (nSPS) is 11.4. The summed E-state index contributed by atoms with van der Waals surface area (Å²) in [6.45, 7) is 0. The minimum atomic E-state index is -4.36. The van der Waals surface area contributed by atoms with Gasteiger partial charge in [-0.25, -0.2) is 13.4 Å². The third-order valence-corrected chi connectivity index (χ3v) is 6.59. The second-order valence-electron chi connectivity index (χ2n) is 6.78. The van der Waals surface area contributed by atoms with Gasteiger partial charge in [-0.15, -0.1) is 0 Å². The number of nitrogens with zero attached hydrogens (tertiary/aromatic N) is 1. The van der Waals surface area contributed by atoms with Gasteiger partial charge in [-0.1, -0.05) is 30.0 Å². The molecule has 0 bridgehead atoms. The number of aromatic amines is 1. The average Bonchev–Trinajstić information content (AvgIpc) is 2.84. The van der Waals surface area contributed by atoms with Gasteiger partial charge in [0.25, 0.3) is 15.6 Å². The molecule has 0 saturated heterocycles. The number of aromatic nitrogens is 2. The van der Waals surface area contributed by atoms with Crippen LogP contribution in [-0.2, 0) is 10.0 Å². The summed E-state index contributed by atoms with van der Waals surface area (Å²) in [4.78, 5) is 31.0. The number of nitrogens with two attached hydrogens (primary N) is 1. The summed E-state index contributed by atoms with van der Waals surface area (Å²) in [7, 11) is -1.52. The van der Waals surface area contributed by atoms with Crippen molar-refractivity contribution in [3.05, 3.63) is 70.0 Å². The molecule has 0 spiro atoms. The van der Waals surface area contributed by atoms with E-state index in [2.05, 4.69) is 14.7 Å². The van der Waals surface area contributed by atoms with E-state index in [0.717, 1.165) is 23.4 Å². The van der Waals surface area contributed by atoms with Crippen molar-refractivity contribution in [3.63, 3.8) is 0 Å². The Morgan fingerprint density at radius 3 is 2.44 bits per heavy atom. The zero-order chi connectivity index (χ0) is 24.9. The lowest BCUT2D eigenvalue weighted by Crippen LogP contribution is -2.23. The number of rotatable bonds is 9. The van der Waals surface area contributed by atoms with Crippen molar-refractivity contribution < 1.29 is 22.7 Å². The van der Waals surface area contributed by atoms with Crippen LogP contribution in [0.1, 0.15) is 15.9 Å². The van der Waals surface area contributed by atoms with E-state index in [-0.39, 0.29) is 27.2 Å². The van der Waals surface area contributed by atoms with Gasteiger partial charge in [0.15, 0.2) is 22.4 Å². The number of methoxy groups -OCH3 is 2. The number of nitrogen functional groups attached to an aromatic ring is 1. The lowest BCUT2D eigenvalue weighted by molar-refractivity contribution is 0.104. The first-order valence-electron chi connectivity index (χ1n) is 9.69. The van der Waals surface area contributed by atoms with Crippen LogP contribution in [0.25, 0.3) is 6.08 Å². The van der Waals surface area contributed by atoms with Crippen LogP contribution >= 0.6 is 11.8 Å². The molecule has 0 saturated carbocycles. The molecule has 10 nitrogen and oxygen atoms in total. The Labute approximate surface area is 200 Å².